The van der Waals surface area contributed by atoms with Crippen molar-refractivity contribution in [2.75, 3.05) is 32.6 Å². The second-order valence-electron chi connectivity index (χ2n) is 4.58. The summed E-state index contributed by atoms with van der Waals surface area (Å²) in [5, 5.41) is 2.78. The number of amides is 1. The predicted octanol–water partition coefficient (Wildman–Crippen LogP) is 1.90. The topological polar surface area (TPSA) is 59.4 Å². The second kappa shape index (κ2) is 6.72. The van der Waals surface area contributed by atoms with Crippen molar-refractivity contribution in [1.29, 1.82) is 0 Å². The minimum Gasteiger partial charge on any atom is -0.492 e. The molecular formula is C14H18N4O2. The normalized spacial score (nSPS) is 10.6. The van der Waals surface area contributed by atoms with Crippen molar-refractivity contribution in [2.24, 2.45) is 0 Å². The van der Waals surface area contributed by atoms with Crippen LogP contribution in [0.1, 0.15) is 0 Å². The van der Waals surface area contributed by atoms with Crippen LogP contribution in [-0.4, -0.2) is 47.7 Å². The molecule has 0 aliphatic rings. The number of aromatic nitrogens is 2. The molecule has 0 atom stereocenters. The minimum atomic E-state index is -0.257. The van der Waals surface area contributed by atoms with Crippen LogP contribution in [0.4, 0.5) is 10.5 Å². The molecule has 0 spiro atoms. The average molecular weight is 274 g/mol. The van der Waals surface area contributed by atoms with Crippen LogP contribution in [0.25, 0.3) is 0 Å². The Kier molecular flexibility index (Phi) is 4.73. The first-order chi connectivity index (χ1) is 9.65. The molecule has 0 bridgehead atoms. The molecule has 1 N–H and O–H groups in total. The van der Waals surface area contributed by atoms with Gasteiger partial charge in [0.05, 0.1) is 0 Å². The van der Waals surface area contributed by atoms with Crippen molar-refractivity contribution in [1.82, 2.24) is 14.5 Å². The van der Waals surface area contributed by atoms with Gasteiger partial charge in [-0.05, 0) is 26.2 Å². The summed E-state index contributed by atoms with van der Waals surface area (Å²) in [5.41, 5.74) is 0.686. The van der Waals surface area contributed by atoms with Crippen LogP contribution in [0.3, 0.4) is 0 Å². The quantitative estimate of drug-likeness (QED) is 0.904. The van der Waals surface area contributed by atoms with E-state index < -0.39 is 0 Å². The van der Waals surface area contributed by atoms with E-state index in [0.717, 1.165) is 12.3 Å². The standard InChI is InChI=1S/C14H18N4O2/c1-17(2)8-9-20-13-5-3-4-12(10-13)16-14(19)18-7-6-15-11-18/h3-7,10-11H,8-9H2,1-2H3,(H,16,19). The third kappa shape index (κ3) is 4.10. The van der Waals surface area contributed by atoms with Crippen molar-refractivity contribution in [3.8, 4) is 5.75 Å². The molecule has 20 heavy (non-hydrogen) atoms. The Balaban J connectivity index is 1.94. The van der Waals surface area contributed by atoms with Gasteiger partial charge in [-0.2, -0.15) is 0 Å². The van der Waals surface area contributed by atoms with Crippen molar-refractivity contribution >= 4 is 11.7 Å². The van der Waals surface area contributed by atoms with Crippen molar-refractivity contribution in [3.63, 3.8) is 0 Å². The molecule has 1 amide bonds. The zero-order valence-electron chi connectivity index (χ0n) is 11.6. The lowest BCUT2D eigenvalue weighted by Gasteiger charge is -2.12. The summed E-state index contributed by atoms with van der Waals surface area (Å²) >= 11 is 0. The van der Waals surface area contributed by atoms with Gasteiger partial charge in [0.2, 0.25) is 0 Å². The molecule has 0 aliphatic carbocycles. The number of carbonyl (C=O) groups excluding carboxylic acids is 1. The maximum absolute atomic E-state index is 11.9. The lowest BCUT2D eigenvalue weighted by molar-refractivity contribution is 0.253. The molecule has 0 fully saturated rings. The summed E-state index contributed by atoms with van der Waals surface area (Å²) in [4.78, 5) is 17.7. The molecule has 2 aromatic rings. The maximum atomic E-state index is 11.9. The zero-order chi connectivity index (χ0) is 14.4. The molecule has 1 aromatic heterocycles. The molecular weight excluding hydrogens is 256 g/mol. The Morgan fingerprint density at radius 2 is 2.30 bits per heavy atom. The molecule has 2 rings (SSSR count). The first kappa shape index (κ1) is 14.1. The van der Waals surface area contributed by atoms with E-state index >= 15 is 0 Å². The van der Waals surface area contributed by atoms with Crippen LogP contribution >= 0.6 is 0 Å². The Morgan fingerprint density at radius 3 is 3.00 bits per heavy atom. The van der Waals surface area contributed by atoms with Gasteiger partial charge in [-0.3, -0.25) is 4.57 Å². The van der Waals surface area contributed by atoms with Gasteiger partial charge in [-0.15, -0.1) is 0 Å². The summed E-state index contributed by atoms with van der Waals surface area (Å²) in [6, 6.07) is 7.06. The van der Waals surface area contributed by atoms with Crippen molar-refractivity contribution in [2.45, 2.75) is 0 Å². The third-order valence-electron chi connectivity index (χ3n) is 2.63. The number of benzene rings is 1. The first-order valence-corrected chi connectivity index (χ1v) is 6.32. The molecule has 6 nitrogen and oxygen atoms in total. The van der Waals surface area contributed by atoms with Crippen LogP contribution in [0.15, 0.2) is 43.0 Å². The van der Waals surface area contributed by atoms with E-state index in [1.807, 2.05) is 37.2 Å². The molecule has 0 aliphatic heterocycles. The summed E-state index contributed by atoms with van der Waals surface area (Å²) < 4.78 is 6.99. The Labute approximate surface area is 118 Å². The molecule has 106 valence electrons. The van der Waals surface area contributed by atoms with E-state index in [-0.39, 0.29) is 6.03 Å². The largest absolute Gasteiger partial charge is 0.492 e. The van der Waals surface area contributed by atoms with Gasteiger partial charge < -0.3 is 15.0 Å². The van der Waals surface area contributed by atoms with E-state index in [4.69, 9.17) is 4.74 Å². The van der Waals surface area contributed by atoms with Gasteiger partial charge in [0, 0.05) is 30.7 Å². The minimum absolute atomic E-state index is 0.257. The highest BCUT2D eigenvalue weighted by Crippen LogP contribution is 2.17. The van der Waals surface area contributed by atoms with Crippen LogP contribution in [-0.2, 0) is 0 Å². The Hall–Kier alpha value is -2.34. The molecule has 1 aromatic carbocycles. The number of imidazole rings is 1. The maximum Gasteiger partial charge on any atom is 0.331 e. The number of carbonyl (C=O) groups is 1. The zero-order valence-corrected chi connectivity index (χ0v) is 11.6. The van der Waals surface area contributed by atoms with Crippen LogP contribution in [0.5, 0.6) is 5.75 Å². The van der Waals surface area contributed by atoms with Gasteiger partial charge in [-0.1, -0.05) is 6.07 Å². The number of hydrogen-bond donors (Lipinski definition) is 1. The number of anilines is 1. The highest BCUT2D eigenvalue weighted by molar-refractivity contribution is 5.91. The fourth-order valence-electron chi connectivity index (χ4n) is 1.58. The number of ether oxygens (including phenoxy) is 1. The van der Waals surface area contributed by atoms with Gasteiger partial charge in [0.25, 0.3) is 0 Å². The molecule has 6 heteroatoms. The number of rotatable bonds is 5. The fourth-order valence-corrected chi connectivity index (χ4v) is 1.58. The SMILES string of the molecule is CN(C)CCOc1cccc(NC(=O)n2ccnc2)c1. The van der Waals surface area contributed by atoms with Crippen molar-refractivity contribution < 1.29 is 9.53 Å². The van der Waals surface area contributed by atoms with Gasteiger partial charge in [0.1, 0.15) is 18.7 Å². The van der Waals surface area contributed by atoms with Crippen LogP contribution in [0, 0.1) is 0 Å². The molecule has 1 heterocycles. The van der Waals surface area contributed by atoms with E-state index in [2.05, 4.69) is 10.3 Å². The lowest BCUT2D eigenvalue weighted by Crippen LogP contribution is -2.19. The molecule has 0 radical (unpaired) electrons. The number of likely N-dealkylation sites (N-methyl/N-ethyl adjacent to an activating group) is 1. The Bertz CT molecular complexity index is 552. The monoisotopic (exact) mass is 274 g/mol. The summed E-state index contributed by atoms with van der Waals surface area (Å²) in [6.45, 7) is 1.44. The van der Waals surface area contributed by atoms with E-state index in [1.54, 1.807) is 18.5 Å². The highest BCUT2D eigenvalue weighted by Gasteiger charge is 2.04. The lowest BCUT2D eigenvalue weighted by atomic mass is 10.3. The smallest absolute Gasteiger partial charge is 0.331 e. The third-order valence-corrected chi connectivity index (χ3v) is 2.63. The molecule has 0 saturated heterocycles. The van der Waals surface area contributed by atoms with E-state index in [0.29, 0.717) is 12.3 Å². The number of nitrogens with one attached hydrogen (secondary N) is 1. The Morgan fingerprint density at radius 1 is 1.45 bits per heavy atom. The number of nitrogens with zero attached hydrogens (tertiary/aromatic N) is 3. The van der Waals surface area contributed by atoms with Gasteiger partial charge in [-0.25, -0.2) is 9.78 Å². The van der Waals surface area contributed by atoms with Gasteiger partial charge >= 0.3 is 6.03 Å². The number of hydrogen-bond acceptors (Lipinski definition) is 4. The second-order valence-corrected chi connectivity index (χ2v) is 4.58. The van der Waals surface area contributed by atoms with Crippen LogP contribution in [0.2, 0.25) is 0 Å². The summed E-state index contributed by atoms with van der Waals surface area (Å²) in [6.07, 6.45) is 4.60. The fraction of sp³-hybridized carbons (Fsp3) is 0.286. The summed E-state index contributed by atoms with van der Waals surface area (Å²) in [5.74, 6) is 0.732. The van der Waals surface area contributed by atoms with Gasteiger partial charge in [0.15, 0.2) is 0 Å². The predicted molar refractivity (Wildman–Crippen MR) is 77.1 cm³/mol. The average Bonchev–Trinajstić information content (AvgIpc) is 2.92. The molecule has 0 unspecified atom stereocenters. The first-order valence-electron chi connectivity index (χ1n) is 6.32. The van der Waals surface area contributed by atoms with E-state index in [9.17, 15) is 4.79 Å². The van der Waals surface area contributed by atoms with Crippen LogP contribution < -0.4 is 10.1 Å². The van der Waals surface area contributed by atoms with Crippen molar-refractivity contribution in [3.05, 3.63) is 43.0 Å². The molecule has 0 saturated carbocycles. The highest BCUT2D eigenvalue weighted by atomic mass is 16.5. The van der Waals surface area contributed by atoms with E-state index in [1.165, 1.54) is 10.9 Å². The summed E-state index contributed by atoms with van der Waals surface area (Å²) in [7, 11) is 3.98.